The van der Waals surface area contributed by atoms with E-state index < -0.39 is 6.03 Å². The summed E-state index contributed by atoms with van der Waals surface area (Å²) >= 11 is 0. The van der Waals surface area contributed by atoms with Crippen molar-refractivity contribution < 1.29 is 24.2 Å². The number of nitrogens with one attached hydrogen (secondary N) is 3. The molecule has 5 aromatic rings. The number of anilines is 3. The van der Waals surface area contributed by atoms with Crippen molar-refractivity contribution in [3.05, 3.63) is 84.8 Å². The number of hydrogen-bond donors (Lipinski definition) is 4. The summed E-state index contributed by atoms with van der Waals surface area (Å²) in [6.45, 7) is 5.99. The summed E-state index contributed by atoms with van der Waals surface area (Å²) in [7, 11) is 1.44. The van der Waals surface area contributed by atoms with E-state index in [2.05, 4.69) is 31.0 Å². The van der Waals surface area contributed by atoms with Crippen LogP contribution in [0.1, 0.15) is 26.5 Å². The predicted octanol–water partition coefficient (Wildman–Crippen LogP) is 5.84. The zero-order valence-corrected chi connectivity index (χ0v) is 24.1. The standard InChI is InChI=1S/C31H31N7O5/c1-31(2,3)25-16-27(38(37-25)19-9-12-28(39)33-17-19)36-30(41)34-23-10-11-24(22-8-6-5-7-21(22)23)43-20-13-14-32-26(15-20)35-29(40)18-42-4/h5-17H,18H2,1-4H3,(H,33,39)(H,32,35,40)(H2,34,36,41). The molecule has 4 N–H and O–H groups in total. The number of rotatable bonds is 8. The molecule has 0 bridgehead atoms. The van der Waals surface area contributed by atoms with Crippen LogP contribution in [-0.2, 0) is 14.9 Å². The van der Waals surface area contributed by atoms with Crippen molar-refractivity contribution in [3.63, 3.8) is 0 Å². The lowest BCUT2D eigenvalue weighted by atomic mass is 9.92. The van der Waals surface area contributed by atoms with E-state index in [0.717, 1.165) is 16.5 Å². The number of aromatic nitrogens is 4. The first-order valence-corrected chi connectivity index (χ1v) is 13.4. The molecule has 5 rings (SSSR count). The van der Waals surface area contributed by atoms with Crippen molar-refractivity contribution in [3.8, 4) is 23.1 Å². The highest BCUT2D eigenvalue weighted by Gasteiger charge is 2.22. The average molecular weight is 582 g/mol. The topological polar surface area (TPSA) is 153 Å². The molecule has 0 unspecified atom stereocenters. The Hall–Kier alpha value is -5.49. The molecule has 0 radical (unpaired) electrons. The van der Waals surface area contributed by atoms with Crippen molar-refractivity contribution in [2.45, 2.75) is 26.2 Å². The number of carbonyl (C=O) groups excluding carboxylic acids is 2. The van der Waals surface area contributed by atoms with E-state index in [1.54, 1.807) is 35.0 Å². The lowest BCUT2D eigenvalue weighted by molar-refractivity contribution is -0.119. The fraction of sp³-hybridized carbons (Fsp3) is 0.194. The smallest absolute Gasteiger partial charge is 0.324 e. The third-order valence-electron chi connectivity index (χ3n) is 6.33. The van der Waals surface area contributed by atoms with Crippen LogP contribution in [-0.4, -0.2) is 50.5 Å². The van der Waals surface area contributed by atoms with E-state index in [0.29, 0.717) is 34.5 Å². The molecule has 0 spiro atoms. The Bertz CT molecular complexity index is 1780. The second kappa shape index (κ2) is 12.2. The molecule has 0 atom stereocenters. The van der Waals surface area contributed by atoms with Crippen molar-refractivity contribution in [1.82, 2.24) is 19.7 Å². The number of hydrogen-bond acceptors (Lipinski definition) is 8. The SMILES string of the molecule is COCC(=O)Nc1cc(Oc2ccc(NC(=O)Nc3cc(C(C)(C)C)nn3-c3ccc(O)nc3)c3ccccc23)ccn1. The number of ether oxygens (including phenoxy) is 2. The zero-order valence-electron chi connectivity index (χ0n) is 24.1. The maximum Gasteiger partial charge on any atom is 0.324 e. The Morgan fingerprint density at radius 3 is 2.44 bits per heavy atom. The van der Waals surface area contributed by atoms with Gasteiger partial charge in [0.1, 0.15) is 29.7 Å². The van der Waals surface area contributed by atoms with Crippen LogP contribution >= 0.6 is 0 Å². The van der Waals surface area contributed by atoms with Crippen LogP contribution in [0.25, 0.3) is 16.5 Å². The van der Waals surface area contributed by atoms with Crippen LogP contribution in [0.15, 0.2) is 79.1 Å². The summed E-state index contributed by atoms with van der Waals surface area (Å²) in [6, 6.07) is 18.8. The number of fused-ring (bicyclic) bond motifs is 1. The molecule has 3 heterocycles. The van der Waals surface area contributed by atoms with Gasteiger partial charge in [0.25, 0.3) is 5.91 Å². The first-order chi connectivity index (χ1) is 20.6. The molecular weight excluding hydrogens is 550 g/mol. The van der Waals surface area contributed by atoms with Crippen LogP contribution in [0.4, 0.5) is 22.1 Å². The van der Waals surface area contributed by atoms with E-state index >= 15 is 0 Å². The van der Waals surface area contributed by atoms with Crippen LogP contribution in [0, 0.1) is 0 Å². The number of pyridine rings is 2. The Morgan fingerprint density at radius 1 is 0.930 bits per heavy atom. The average Bonchev–Trinajstić information content (AvgIpc) is 3.39. The number of carbonyl (C=O) groups is 2. The van der Waals surface area contributed by atoms with Crippen molar-refractivity contribution >= 4 is 40.0 Å². The van der Waals surface area contributed by atoms with E-state index in [4.69, 9.17) is 9.47 Å². The summed E-state index contributed by atoms with van der Waals surface area (Å²) < 4.78 is 12.6. The molecule has 0 aliphatic carbocycles. The van der Waals surface area contributed by atoms with Gasteiger partial charge in [0.15, 0.2) is 0 Å². The largest absolute Gasteiger partial charge is 0.493 e. The predicted molar refractivity (Wildman–Crippen MR) is 163 cm³/mol. The fourth-order valence-corrected chi connectivity index (χ4v) is 4.26. The molecule has 12 nitrogen and oxygen atoms in total. The van der Waals surface area contributed by atoms with Crippen LogP contribution < -0.4 is 20.7 Å². The number of nitrogens with zero attached hydrogens (tertiary/aromatic N) is 4. The van der Waals surface area contributed by atoms with Crippen molar-refractivity contribution in [1.29, 1.82) is 0 Å². The lowest BCUT2D eigenvalue weighted by Gasteiger charge is -2.14. The van der Waals surface area contributed by atoms with Gasteiger partial charge in [-0.15, -0.1) is 0 Å². The number of benzene rings is 2. The Morgan fingerprint density at radius 2 is 1.72 bits per heavy atom. The van der Waals surface area contributed by atoms with E-state index in [-0.39, 0.29) is 23.8 Å². The highest BCUT2D eigenvalue weighted by molar-refractivity contribution is 6.07. The molecule has 0 saturated heterocycles. The van der Waals surface area contributed by atoms with E-state index in [1.165, 1.54) is 25.6 Å². The maximum atomic E-state index is 13.3. The molecular formula is C31H31N7O5. The Kier molecular flexibility index (Phi) is 8.21. The summed E-state index contributed by atoms with van der Waals surface area (Å²) in [6.07, 6.45) is 3.01. The molecule has 2 aromatic carbocycles. The van der Waals surface area contributed by atoms with Gasteiger partial charge in [0.05, 0.1) is 23.3 Å². The minimum Gasteiger partial charge on any atom is -0.493 e. The van der Waals surface area contributed by atoms with Crippen LogP contribution in [0.2, 0.25) is 0 Å². The highest BCUT2D eigenvalue weighted by Crippen LogP contribution is 2.35. The fourth-order valence-electron chi connectivity index (χ4n) is 4.26. The Balaban J connectivity index is 1.38. The lowest BCUT2D eigenvalue weighted by Crippen LogP contribution is -2.21. The second-order valence-corrected chi connectivity index (χ2v) is 10.6. The minimum absolute atomic E-state index is 0.0897. The van der Waals surface area contributed by atoms with E-state index in [9.17, 15) is 14.7 Å². The highest BCUT2D eigenvalue weighted by atomic mass is 16.5. The van der Waals surface area contributed by atoms with Crippen LogP contribution in [0.3, 0.4) is 0 Å². The van der Waals surface area contributed by atoms with Gasteiger partial charge in [-0.25, -0.2) is 19.4 Å². The van der Waals surface area contributed by atoms with Gasteiger partial charge in [0.2, 0.25) is 5.88 Å². The summed E-state index contributed by atoms with van der Waals surface area (Å²) in [4.78, 5) is 33.2. The van der Waals surface area contributed by atoms with Crippen molar-refractivity contribution in [2.75, 3.05) is 29.7 Å². The molecule has 3 aromatic heterocycles. The quantitative estimate of drug-likeness (QED) is 0.178. The maximum absolute atomic E-state index is 13.3. The first-order valence-electron chi connectivity index (χ1n) is 13.4. The third-order valence-corrected chi connectivity index (χ3v) is 6.33. The van der Waals surface area contributed by atoms with Crippen molar-refractivity contribution in [2.24, 2.45) is 0 Å². The number of urea groups is 1. The number of methoxy groups -OCH3 is 1. The third kappa shape index (κ3) is 6.88. The number of amides is 3. The van der Waals surface area contributed by atoms with Gasteiger partial charge in [-0.2, -0.15) is 5.10 Å². The number of aromatic hydroxyl groups is 1. The van der Waals surface area contributed by atoms with Gasteiger partial charge >= 0.3 is 6.03 Å². The molecule has 0 saturated carbocycles. The van der Waals surface area contributed by atoms with Gasteiger partial charge in [-0.05, 0) is 24.3 Å². The molecule has 43 heavy (non-hydrogen) atoms. The molecule has 3 amide bonds. The van der Waals surface area contributed by atoms with Gasteiger partial charge in [-0.3, -0.25) is 10.1 Å². The molecule has 0 aliphatic heterocycles. The molecule has 12 heteroatoms. The monoisotopic (exact) mass is 581 g/mol. The van der Waals surface area contributed by atoms with Gasteiger partial charge in [0, 0.05) is 47.7 Å². The summed E-state index contributed by atoms with van der Waals surface area (Å²) in [5.74, 6) is 1.34. The summed E-state index contributed by atoms with van der Waals surface area (Å²) in [5, 5.41) is 24.3. The normalized spacial score (nSPS) is 11.3. The van der Waals surface area contributed by atoms with E-state index in [1.807, 2.05) is 51.1 Å². The molecule has 220 valence electrons. The second-order valence-electron chi connectivity index (χ2n) is 10.6. The Labute approximate surface area is 247 Å². The van der Waals surface area contributed by atoms with Crippen LogP contribution in [0.5, 0.6) is 17.4 Å². The first kappa shape index (κ1) is 29.0. The molecule has 0 fully saturated rings. The zero-order chi connectivity index (χ0) is 30.6. The minimum atomic E-state index is -0.474. The van der Waals surface area contributed by atoms with Gasteiger partial charge < -0.3 is 25.2 Å². The summed E-state index contributed by atoms with van der Waals surface area (Å²) in [5.41, 5.74) is 1.63. The van der Waals surface area contributed by atoms with Gasteiger partial charge in [-0.1, -0.05) is 45.0 Å². The molecule has 0 aliphatic rings.